The van der Waals surface area contributed by atoms with Crippen molar-refractivity contribution in [3.8, 4) is 0 Å². The van der Waals surface area contributed by atoms with E-state index in [0.717, 1.165) is 34.0 Å². The van der Waals surface area contributed by atoms with Crippen molar-refractivity contribution in [3.05, 3.63) is 34.9 Å². The molecule has 0 aliphatic heterocycles. The summed E-state index contributed by atoms with van der Waals surface area (Å²) < 4.78 is 1.00. The number of aliphatic hydroxyl groups excluding tert-OH is 1. The number of fused-ring (bicyclic) bond motifs is 1. The van der Waals surface area contributed by atoms with E-state index in [2.05, 4.69) is 46.1 Å². The number of nitrogens with zero attached hydrogens (tertiary/aromatic N) is 1. The molecule has 2 N–H and O–H groups in total. The van der Waals surface area contributed by atoms with Crippen molar-refractivity contribution in [2.75, 3.05) is 18.5 Å². The molecule has 0 fully saturated rings. The number of benzene rings is 1. The first kappa shape index (κ1) is 14.3. The zero-order chi connectivity index (χ0) is 13.9. The molecule has 0 radical (unpaired) electrons. The monoisotopic (exact) mass is 322 g/mol. The van der Waals surface area contributed by atoms with Crippen molar-refractivity contribution < 1.29 is 5.11 Å². The largest absolute Gasteiger partial charge is 0.396 e. The number of hydrogen-bond donors (Lipinski definition) is 2. The topological polar surface area (TPSA) is 45.1 Å². The van der Waals surface area contributed by atoms with Gasteiger partial charge in [0.15, 0.2) is 0 Å². The smallest absolute Gasteiger partial charge is 0.0864 e. The Balaban J connectivity index is 2.24. The Hall–Kier alpha value is -1.13. The summed E-state index contributed by atoms with van der Waals surface area (Å²) in [7, 11) is 0. The molecule has 0 unspecified atom stereocenters. The average Bonchev–Trinajstić information content (AvgIpc) is 2.37. The summed E-state index contributed by atoms with van der Waals surface area (Å²) in [6.07, 6.45) is 2.60. The normalized spacial score (nSPS) is 11.8. The van der Waals surface area contributed by atoms with Gasteiger partial charge in [0.2, 0.25) is 0 Å². The van der Waals surface area contributed by atoms with Crippen LogP contribution in [0, 0.1) is 5.41 Å². The van der Waals surface area contributed by atoms with Gasteiger partial charge in [0.1, 0.15) is 0 Å². The fraction of sp³-hybridized carbons (Fsp3) is 0.400. The van der Waals surface area contributed by atoms with Gasteiger partial charge in [-0.15, -0.1) is 0 Å². The molecule has 4 heteroatoms. The van der Waals surface area contributed by atoms with E-state index in [9.17, 15) is 0 Å². The van der Waals surface area contributed by atoms with E-state index < -0.39 is 0 Å². The van der Waals surface area contributed by atoms with Crippen LogP contribution in [-0.2, 0) is 0 Å². The third-order valence-electron chi connectivity index (χ3n) is 3.27. The van der Waals surface area contributed by atoms with Gasteiger partial charge in [-0.2, -0.15) is 0 Å². The number of aliphatic hydroxyl groups is 1. The van der Waals surface area contributed by atoms with Crippen molar-refractivity contribution in [2.45, 2.75) is 20.3 Å². The van der Waals surface area contributed by atoms with Crippen molar-refractivity contribution in [1.82, 2.24) is 4.98 Å². The summed E-state index contributed by atoms with van der Waals surface area (Å²) in [5.41, 5.74) is 2.11. The van der Waals surface area contributed by atoms with Gasteiger partial charge in [0.05, 0.1) is 5.52 Å². The molecule has 0 aliphatic rings. The summed E-state index contributed by atoms with van der Waals surface area (Å²) in [5, 5.41) is 13.6. The van der Waals surface area contributed by atoms with Gasteiger partial charge < -0.3 is 10.4 Å². The van der Waals surface area contributed by atoms with Crippen LogP contribution >= 0.6 is 15.9 Å². The highest BCUT2D eigenvalue weighted by molar-refractivity contribution is 9.10. The maximum absolute atomic E-state index is 9.06. The first-order valence-corrected chi connectivity index (χ1v) is 7.21. The highest BCUT2D eigenvalue weighted by atomic mass is 79.9. The van der Waals surface area contributed by atoms with Gasteiger partial charge in [-0.25, -0.2) is 0 Å². The minimum Gasteiger partial charge on any atom is -0.396 e. The Kier molecular flexibility index (Phi) is 4.42. The average molecular weight is 323 g/mol. The predicted molar refractivity (Wildman–Crippen MR) is 83.4 cm³/mol. The summed E-state index contributed by atoms with van der Waals surface area (Å²) in [6.45, 7) is 5.33. The number of anilines is 1. The van der Waals surface area contributed by atoms with E-state index in [1.54, 1.807) is 0 Å². The van der Waals surface area contributed by atoms with E-state index in [0.29, 0.717) is 0 Å². The molecule has 0 bridgehead atoms. The predicted octanol–water partition coefficient (Wildman–Crippen LogP) is 3.82. The maximum atomic E-state index is 9.06. The molecule has 1 aromatic carbocycles. The van der Waals surface area contributed by atoms with Gasteiger partial charge >= 0.3 is 0 Å². The molecular formula is C15H19BrN2O. The minimum absolute atomic E-state index is 0.0658. The Bertz CT molecular complexity index is 569. The molecule has 0 saturated carbocycles. The number of aromatic nitrogens is 1. The second kappa shape index (κ2) is 5.88. The molecule has 0 spiro atoms. The minimum atomic E-state index is 0.0658. The fourth-order valence-electron chi connectivity index (χ4n) is 2.02. The van der Waals surface area contributed by atoms with E-state index in [4.69, 9.17) is 5.11 Å². The number of para-hydroxylation sites is 1. The van der Waals surface area contributed by atoms with E-state index in [1.807, 2.05) is 24.4 Å². The van der Waals surface area contributed by atoms with E-state index >= 15 is 0 Å². The van der Waals surface area contributed by atoms with Crippen LogP contribution < -0.4 is 5.32 Å². The molecule has 3 nitrogen and oxygen atoms in total. The lowest BCUT2D eigenvalue weighted by atomic mass is 9.89. The van der Waals surface area contributed by atoms with Crippen LogP contribution in [0.3, 0.4) is 0 Å². The Labute approximate surface area is 122 Å². The molecule has 2 rings (SSSR count). The summed E-state index contributed by atoms with van der Waals surface area (Å²) in [4.78, 5) is 4.40. The molecule has 1 aromatic heterocycles. The van der Waals surface area contributed by atoms with Crippen LogP contribution in [0.4, 0.5) is 5.69 Å². The lowest BCUT2D eigenvalue weighted by Crippen LogP contribution is -2.24. The van der Waals surface area contributed by atoms with Gasteiger partial charge in [-0.05, 0) is 39.9 Å². The van der Waals surface area contributed by atoms with Crippen LogP contribution in [0.5, 0.6) is 0 Å². The Morgan fingerprint density at radius 1 is 1.32 bits per heavy atom. The van der Waals surface area contributed by atoms with E-state index in [1.165, 1.54) is 0 Å². The van der Waals surface area contributed by atoms with Gasteiger partial charge in [-0.3, -0.25) is 4.98 Å². The zero-order valence-corrected chi connectivity index (χ0v) is 12.9. The summed E-state index contributed by atoms with van der Waals surface area (Å²) >= 11 is 3.52. The van der Waals surface area contributed by atoms with Gasteiger partial charge in [-0.1, -0.05) is 26.0 Å². The molecule has 0 amide bonds. The molecule has 0 aliphatic carbocycles. The lowest BCUT2D eigenvalue weighted by molar-refractivity contribution is 0.220. The highest BCUT2D eigenvalue weighted by Crippen LogP contribution is 2.28. The quantitative estimate of drug-likeness (QED) is 0.879. The highest BCUT2D eigenvalue weighted by Gasteiger charge is 2.17. The van der Waals surface area contributed by atoms with E-state index in [-0.39, 0.29) is 12.0 Å². The van der Waals surface area contributed by atoms with Crippen LogP contribution in [0.15, 0.2) is 34.9 Å². The van der Waals surface area contributed by atoms with Crippen molar-refractivity contribution in [3.63, 3.8) is 0 Å². The van der Waals surface area contributed by atoms with Crippen LogP contribution in [0.1, 0.15) is 20.3 Å². The first-order valence-electron chi connectivity index (χ1n) is 6.41. The van der Waals surface area contributed by atoms with Crippen molar-refractivity contribution in [1.29, 1.82) is 0 Å². The molecule has 2 aromatic rings. The second-order valence-corrected chi connectivity index (χ2v) is 6.34. The Morgan fingerprint density at radius 3 is 2.84 bits per heavy atom. The zero-order valence-electron chi connectivity index (χ0n) is 11.3. The van der Waals surface area contributed by atoms with Crippen LogP contribution in [0.25, 0.3) is 10.9 Å². The maximum Gasteiger partial charge on any atom is 0.0864 e. The van der Waals surface area contributed by atoms with Crippen LogP contribution in [0.2, 0.25) is 0 Å². The number of rotatable bonds is 5. The summed E-state index contributed by atoms with van der Waals surface area (Å²) in [6, 6.07) is 8.06. The van der Waals surface area contributed by atoms with Crippen molar-refractivity contribution in [2.24, 2.45) is 5.41 Å². The molecule has 1 heterocycles. The standard InChI is InChI=1S/C15H19BrN2O/c1-15(2,7-9-19)10-18-13-6-8-17-14-11(13)4-3-5-12(14)16/h3-6,8,19H,7,9-10H2,1-2H3,(H,17,18). The Morgan fingerprint density at radius 2 is 2.11 bits per heavy atom. The van der Waals surface area contributed by atoms with Gasteiger partial charge in [0.25, 0.3) is 0 Å². The number of nitrogens with one attached hydrogen (secondary N) is 1. The molecule has 19 heavy (non-hydrogen) atoms. The van der Waals surface area contributed by atoms with Gasteiger partial charge in [0, 0.05) is 34.9 Å². The number of pyridine rings is 1. The summed E-state index contributed by atoms with van der Waals surface area (Å²) in [5.74, 6) is 0. The second-order valence-electron chi connectivity index (χ2n) is 5.49. The fourth-order valence-corrected chi connectivity index (χ4v) is 2.49. The SMILES string of the molecule is CC(C)(CCO)CNc1ccnc2c(Br)cccc12. The van der Waals surface area contributed by atoms with Crippen LogP contribution in [-0.4, -0.2) is 23.2 Å². The van der Waals surface area contributed by atoms with Crippen molar-refractivity contribution >= 4 is 32.5 Å². The molecular weight excluding hydrogens is 304 g/mol. The number of hydrogen-bond acceptors (Lipinski definition) is 3. The third-order valence-corrected chi connectivity index (χ3v) is 3.91. The third kappa shape index (κ3) is 3.45. The number of halogens is 1. The molecule has 0 atom stereocenters. The first-order chi connectivity index (χ1) is 9.03. The molecule has 0 saturated heterocycles. The molecule has 102 valence electrons. The lowest BCUT2D eigenvalue weighted by Gasteiger charge is -2.25.